The van der Waals surface area contributed by atoms with Crippen LogP contribution in [-0.4, -0.2) is 29.6 Å². The summed E-state index contributed by atoms with van der Waals surface area (Å²) in [6.07, 6.45) is 4.12. The lowest BCUT2D eigenvalue weighted by Crippen LogP contribution is -2.46. The van der Waals surface area contributed by atoms with Gasteiger partial charge in [0.05, 0.1) is 0 Å². The maximum Gasteiger partial charge on any atom is 0.0365 e. The molecule has 2 bridgehead atoms. The Labute approximate surface area is 61.4 Å². The van der Waals surface area contributed by atoms with E-state index in [0.29, 0.717) is 11.6 Å². The Morgan fingerprint density at radius 1 is 1.40 bits per heavy atom. The standard InChI is InChI=1S/C8H14N2/c9-7-6-1-4-10(5-6)8(7)2-3-8/h6-7H,1-5,9H2/t6?,7-/m0/s1. The molecule has 1 aliphatic carbocycles. The van der Waals surface area contributed by atoms with Gasteiger partial charge in [0.1, 0.15) is 0 Å². The summed E-state index contributed by atoms with van der Waals surface area (Å²) >= 11 is 0. The molecule has 1 spiro atoms. The first kappa shape index (κ1) is 5.56. The van der Waals surface area contributed by atoms with Crippen LogP contribution in [0, 0.1) is 5.92 Å². The second-order valence-corrected chi connectivity index (χ2v) is 4.12. The normalized spacial score (nSPS) is 54.3. The van der Waals surface area contributed by atoms with Gasteiger partial charge in [-0.1, -0.05) is 0 Å². The highest BCUT2D eigenvalue weighted by Gasteiger charge is 2.61. The molecule has 2 N–H and O–H groups in total. The van der Waals surface area contributed by atoms with E-state index in [-0.39, 0.29) is 0 Å². The monoisotopic (exact) mass is 138 g/mol. The van der Waals surface area contributed by atoms with Crippen LogP contribution in [0.1, 0.15) is 19.3 Å². The van der Waals surface area contributed by atoms with Gasteiger partial charge in [-0.05, 0) is 31.7 Å². The molecule has 2 unspecified atom stereocenters. The summed E-state index contributed by atoms with van der Waals surface area (Å²) in [6, 6.07) is 0.529. The molecule has 2 aliphatic heterocycles. The van der Waals surface area contributed by atoms with Crippen LogP contribution < -0.4 is 5.73 Å². The van der Waals surface area contributed by atoms with Crippen molar-refractivity contribution in [2.75, 3.05) is 13.1 Å². The van der Waals surface area contributed by atoms with Crippen LogP contribution in [0.15, 0.2) is 0 Å². The summed E-state index contributed by atoms with van der Waals surface area (Å²) in [5, 5.41) is 0. The minimum absolute atomic E-state index is 0.529. The van der Waals surface area contributed by atoms with E-state index in [9.17, 15) is 0 Å². The van der Waals surface area contributed by atoms with E-state index in [1.54, 1.807) is 0 Å². The van der Waals surface area contributed by atoms with Crippen molar-refractivity contribution in [2.45, 2.75) is 30.8 Å². The molecule has 0 aromatic rings. The van der Waals surface area contributed by atoms with E-state index >= 15 is 0 Å². The highest BCUT2D eigenvalue weighted by molar-refractivity contribution is 5.19. The Kier molecular flexibility index (Phi) is 0.783. The maximum atomic E-state index is 6.12. The van der Waals surface area contributed by atoms with Gasteiger partial charge in [0.25, 0.3) is 0 Å². The van der Waals surface area contributed by atoms with Crippen molar-refractivity contribution < 1.29 is 0 Å². The number of hydrogen-bond donors (Lipinski definition) is 1. The molecule has 1 saturated carbocycles. The quantitative estimate of drug-likeness (QED) is 0.517. The lowest BCUT2D eigenvalue weighted by molar-refractivity contribution is 0.218. The van der Waals surface area contributed by atoms with E-state index in [1.807, 2.05) is 0 Å². The van der Waals surface area contributed by atoms with E-state index in [4.69, 9.17) is 5.73 Å². The van der Waals surface area contributed by atoms with Gasteiger partial charge in [-0.25, -0.2) is 0 Å². The molecule has 10 heavy (non-hydrogen) atoms. The third kappa shape index (κ3) is 0.424. The zero-order valence-corrected chi connectivity index (χ0v) is 6.21. The van der Waals surface area contributed by atoms with Gasteiger partial charge in [-0.15, -0.1) is 0 Å². The van der Waals surface area contributed by atoms with Crippen LogP contribution in [0.2, 0.25) is 0 Å². The minimum atomic E-state index is 0.529. The van der Waals surface area contributed by atoms with E-state index in [0.717, 1.165) is 5.92 Å². The predicted molar refractivity (Wildman–Crippen MR) is 39.6 cm³/mol. The van der Waals surface area contributed by atoms with E-state index in [1.165, 1.54) is 32.4 Å². The van der Waals surface area contributed by atoms with Crippen molar-refractivity contribution in [3.8, 4) is 0 Å². The molecule has 3 atom stereocenters. The summed E-state index contributed by atoms with van der Waals surface area (Å²) < 4.78 is 0. The van der Waals surface area contributed by atoms with Crippen molar-refractivity contribution in [3.05, 3.63) is 0 Å². The molecule has 0 aromatic carbocycles. The third-order valence-electron chi connectivity index (χ3n) is 3.75. The summed E-state index contributed by atoms with van der Waals surface area (Å²) in [6.45, 7) is 2.64. The zero-order chi connectivity index (χ0) is 6.77. The van der Waals surface area contributed by atoms with Crippen LogP contribution in [0.3, 0.4) is 0 Å². The second-order valence-electron chi connectivity index (χ2n) is 4.12. The molecule has 2 saturated heterocycles. The average molecular weight is 138 g/mol. The Bertz CT molecular complexity index is 170. The number of nitrogens with zero attached hydrogens (tertiary/aromatic N) is 1. The largest absolute Gasteiger partial charge is 0.326 e. The highest BCUT2D eigenvalue weighted by Crippen LogP contribution is 2.54. The fourth-order valence-electron chi connectivity index (χ4n) is 2.91. The Morgan fingerprint density at radius 3 is 2.60 bits per heavy atom. The van der Waals surface area contributed by atoms with Crippen molar-refractivity contribution >= 4 is 0 Å². The van der Waals surface area contributed by atoms with Gasteiger partial charge in [0.2, 0.25) is 0 Å². The number of piperidine rings is 1. The van der Waals surface area contributed by atoms with E-state index in [2.05, 4.69) is 4.90 Å². The Hall–Kier alpha value is -0.0800. The topological polar surface area (TPSA) is 29.3 Å². The van der Waals surface area contributed by atoms with Gasteiger partial charge in [-0.2, -0.15) is 0 Å². The molecule has 3 rings (SSSR count). The van der Waals surface area contributed by atoms with Crippen LogP contribution in [0.5, 0.6) is 0 Å². The SMILES string of the molecule is N[C@H]1C2CCN(C2)C12CC2. The first-order chi connectivity index (χ1) is 4.83. The first-order valence-corrected chi connectivity index (χ1v) is 4.34. The molecule has 56 valence electrons. The van der Waals surface area contributed by atoms with Gasteiger partial charge in [0.15, 0.2) is 0 Å². The molecular weight excluding hydrogens is 124 g/mol. The molecule has 3 fully saturated rings. The fraction of sp³-hybridized carbons (Fsp3) is 1.00. The molecule has 2 heterocycles. The average Bonchev–Trinajstić information content (AvgIpc) is 2.51. The Morgan fingerprint density at radius 2 is 2.20 bits per heavy atom. The summed E-state index contributed by atoms with van der Waals surface area (Å²) in [7, 11) is 0. The Balaban J connectivity index is 1.99. The van der Waals surface area contributed by atoms with Crippen LogP contribution in [0.25, 0.3) is 0 Å². The smallest absolute Gasteiger partial charge is 0.0365 e. The van der Waals surface area contributed by atoms with Crippen LogP contribution in [0.4, 0.5) is 0 Å². The lowest BCUT2D eigenvalue weighted by atomic mass is 9.93. The molecule has 0 aromatic heterocycles. The number of nitrogens with two attached hydrogens (primary N) is 1. The van der Waals surface area contributed by atoms with Crippen molar-refractivity contribution in [1.82, 2.24) is 4.90 Å². The van der Waals surface area contributed by atoms with Crippen molar-refractivity contribution in [2.24, 2.45) is 11.7 Å². The first-order valence-electron chi connectivity index (χ1n) is 4.34. The molecule has 0 amide bonds. The fourth-order valence-corrected chi connectivity index (χ4v) is 2.91. The van der Waals surface area contributed by atoms with Crippen molar-refractivity contribution in [1.29, 1.82) is 0 Å². The van der Waals surface area contributed by atoms with Crippen LogP contribution in [-0.2, 0) is 0 Å². The lowest BCUT2D eigenvalue weighted by Gasteiger charge is -2.29. The number of fused-ring (bicyclic) bond motifs is 3. The maximum absolute atomic E-state index is 6.12. The zero-order valence-electron chi connectivity index (χ0n) is 6.21. The minimum Gasteiger partial charge on any atom is -0.326 e. The predicted octanol–water partition coefficient (Wildman–Crippen LogP) is 0.182. The molecule has 2 heteroatoms. The summed E-state index contributed by atoms with van der Waals surface area (Å²) in [5.74, 6) is 0.850. The number of hydrogen-bond acceptors (Lipinski definition) is 2. The molecular formula is C8H14N2. The molecule has 0 radical (unpaired) electrons. The highest BCUT2D eigenvalue weighted by atomic mass is 15.3. The van der Waals surface area contributed by atoms with Gasteiger partial charge < -0.3 is 5.73 Å². The summed E-state index contributed by atoms with van der Waals surface area (Å²) in [5.41, 5.74) is 6.65. The van der Waals surface area contributed by atoms with Gasteiger partial charge >= 0.3 is 0 Å². The second kappa shape index (κ2) is 1.41. The van der Waals surface area contributed by atoms with Crippen LogP contribution >= 0.6 is 0 Å². The van der Waals surface area contributed by atoms with Crippen molar-refractivity contribution in [3.63, 3.8) is 0 Å². The molecule has 2 nitrogen and oxygen atoms in total. The third-order valence-corrected chi connectivity index (χ3v) is 3.75. The van der Waals surface area contributed by atoms with Gasteiger partial charge in [-0.3, -0.25) is 4.90 Å². The summed E-state index contributed by atoms with van der Waals surface area (Å²) in [4.78, 5) is 2.63. The van der Waals surface area contributed by atoms with E-state index < -0.39 is 0 Å². The number of rotatable bonds is 0. The molecule has 3 aliphatic rings. The van der Waals surface area contributed by atoms with Gasteiger partial charge in [0, 0.05) is 18.1 Å².